The minimum Gasteiger partial charge on any atom is -0.507 e. The first kappa shape index (κ1) is 45.1. The van der Waals surface area contributed by atoms with Crippen molar-refractivity contribution in [2.75, 3.05) is 23.0 Å². The zero-order chi connectivity index (χ0) is 38.7. The average molecular weight is 825 g/mol. The van der Waals surface area contributed by atoms with Gasteiger partial charge in [-0.15, -0.1) is 8.67 Å². The van der Waals surface area contributed by atoms with E-state index in [4.69, 9.17) is 19.6 Å². The maximum absolute atomic E-state index is 15.4. The first-order valence-electron chi connectivity index (χ1n) is 14.5. The third kappa shape index (κ3) is 13.1. The van der Waals surface area contributed by atoms with E-state index in [1.807, 2.05) is 0 Å². The zero-order valence-electron chi connectivity index (χ0n) is 26.1. The van der Waals surface area contributed by atoms with Crippen LogP contribution in [-0.4, -0.2) is 82.0 Å². The third-order valence-electron chi connectivity index (χ3n) is 7.45. The Bertz CT molecular complexity index is 1550. The van der Waals surface area contributed by atoms with Crippen molar-refractivity contribution < 1.29 is 91.8 Å². The molecule has 0 amide bonds. The molecule has 6 N–H and O–H groups in total. The highest BCUT2D eigenvalue weighted by atomic mass is 32.2. The molecule has 0 radical (unpaired) electrons. The summed E-state index contributed by atoms with van der Waals surface area (Å²) in [7, 11) is -9.27. The van der Waals surface area contributed by atoms with Crippen molar-refractivity contribution in [1.82, 2.24) is 0 Å². The highest BCUT2D eigenvalue weighted by Crippen LogP contribution is 2.57. The molecule has 2 rings (SSSR count). The lowest BCUT2D eigenvalue weighted by Crippen LogP contribution is -2.55. The van der Waals surface area contributed by atoms with Crippen LogP contribution >= 0.6 is 24.1 Å². The maximum Gasteiger partial charge on any atom is 0.411 e. The van der Waals surface area contributed by atoms with E-state index in [9.17, 15) is 27.0 Å². The van der Waals surface area contributed by atoms with Crippen molar-refractivity contribution in [1.29, 1.82) is 0 Å². The molecule has 0 unspecified atom stereocenters. The Kier molecular flexibility index (Phi) is 17.0. The molecule has 2 aromatic carbocycles. The number of rotatable bonds is 22. The Morgan fingerprint density at radius 1 is 0.569 bits per heavy atom. The summed E-state index contributed by atoms with van der Waals surface area (Å²) in [5.74, 6) is -3.41. The van der Waals surface area contributed by atoms with Gasteiger partial charge in [-0.25, -0.2) is 10.5 Å². The van der Waals surface area contributed by atoms with E-state index >= 15 is 26.3 Å². The van der Waals surface area contributed by atoms with Crippen LogP contribution in [0.4, 0.5) is 26.3 Å². The molecular formula is C27H34F6O14S4. The van der Waals surface area contributed by atoms with Gasteiger partial charge < -0.3 is 10.2 Å². The molecule has 2 aromatic rings. The second-order valence-electron chi connectivity index (χ2n) is 10.9. The van der Waals surface area contributed by atoms with Crippen LogP contribution in [0.15, 0.2) is 24.3 Å². The van der Waals surface area contributed by atoms with Crippen LogP contribution < -0.4 is 0 Å². The second-order valence-corrected chi connectivity index (χ2v) is 15.7. The quantitative estimate of drug-likeness (QED) is 0.0195. The smallest absolute Gasteiger partial charge is 0.411 e. The first-order valence-corrected chi connectivity index (χ1v) is 19.6. The van der Waals surface area contributed by atoms with E-state index in [1.165, 1.54) is 0 Å². The second kappa shape index (κ2) is 19.3. The molecule has 14 nitrogen and oxygen atoms in total. The van der Waals surface area contributed by atoms with Crippen molar-refractivity contribution in [2.24, 2.45) is 0 Å². The highest BCUT2D eigenvalue weighted by molar-refractivity contribution is 7.94. The third-order valence-corrected chi connectivity index (χ3v) is 10.3. The van der Waals surface area contributed by atoms with Crippen LogP contribution in [0.25, 0.3) is 0 Å². The minimum absolute atomic E-state index is 0.00378. The summed E-state index contributed by atoms with van der Waals surface area (Å²) in [6.07, 6.45) is -15.4. The van der Waals surface area contributed by atoms with Gasteiger partial charge in [-0.1, -0.05) is 34.3 Å². The summed E-state index contributed by atoms with van der Waals surface area (Å²) < 4.78 is 164. The largest absolute Gasteiger partial charge is 0.507 e. The van der Waals surface area contributed by atoms with Crippen molar-refractivity contribution >= 4 is 44.3 Å². The number of aryl methyl sites for hydroxylation is 4. The Balaban J connectivity index is 2.94. The first-order chi connectivity index (χ1) is 23.6. The summed E-state index contributed by atoms with van der Waals surface area (Å²) in [5.41, 5.74) is -9.59. The van der Waals surface area contributed by atoms with Crippen LogP contribution in [0.5, 0.6) is 11.5 Å². The molecular weight excluding hydrogens is 791 g/mol. The zero-order valence-corrected chi connectivity index (χ0v) is 29.4. The molecule has 51 heavy (non-hydrogen) atoms. The Morgan fingerprint density at radius 2 is 0.863 bits per heavy atom. The summed E-state index contributed by atoms with van der Waals surface area (Å²) in [6.45, 7) is 0. The van der Waals surface area contributed by atoms with Gasteiger partial charge in [0.05, 0.1) is 11.5 Å². The summed E-state index contributed by atoms with van der Waals surface area (Å²) >= 11 is 1.09. The molecule has 0 aliphatic carbocycles. The Morgan fingerprint density at radius 3 is 1.12 bits per heavy atom. The van der Waals surface area contributed by atoms with Crippen molar-refractivity contribution in [2.45, 2.75) is 69.1 Å². The summed E-state index contributed by atoms with van der Waals surface area (Å²) in [4.78, 5) is 0. The van der Waals surface area contributed by atoms with Crippen LogP contribution in [-0.2, 0) is 70.1 Å². The Labute approximate surface area is 296 Å². The lowest BCUT2D eigenvalue weighted by Gasteiger charge is -2.39. The van der Waals surface area contributed by atoms with E-state index in [0.717, 1.165) is 0 Å². The van der Waals surface area contributed by atoms with Gasteiger partial charge >= 0.3 is 12.4 Å². The van der Waals surface area contributed by atoms with Gasteiger partial charge in [-0.2, -0.15) is 43.2 Å². The minimum atomic E-state index is -6.19. The van der Waals surface area contributed by atoms with Gasteiger partial charge in [-0.3, -0.25) is 9.11 Å². The van der Waals surface area contributed by atoms with Gasteiger partial charge in [0.25, 0.3) is 20.2 Å². The molecule has 0 bridgehead atoms. The molecule has 0 heterocycles. The number of alkyl halides is 6. The summed E-state index contributed by atoms with van der Waals surface area (Å²) in [6, 6.07) is 1.83. The van der Waals surface area contributed by atoms with E-state index in [0.29, 0.717) is 48.4 Å². The average Bonchev–Trinajstić information content (AvgIpc) is 2.98. The molecule has 0 fully saturated rings. The topological polar surface area (TPSA) is 227 Å². The predicted octanol–water partition coefficient (Wildman–Crippen LogP) is 6.15. The van der Waals surface area contributed by atoms with Crippen molar-refractivity contribution in [3.8, 4) is 11.5 Å². The van der Waals surface area contributed by atoms with Crippen LogP contribution in [0.1, 0.15) is 59.1 Å². The molecule has 0 saturated heterocycles. The van der Waals surface area contributed by atoms with Gasteiger partial charge in [0, 0.05) is 35.6 Å². The summed E-state index contributed by atoms with van der Waals surface area (Å²) in [5, 5.41) is 45.3. The molecule has 0 aromatic heterocycles. The molecule has 0 aliphatic heterocycles. The maximum atomic E-state index is 15.4. The fourth-order valence-electron chi connectivity index (χ4n) is 5.34. The number of aromatic hydroxyl groups is 2. The van der Waals surface area contributed by atoms with E-state index < -0.39 is 109 Å². The fourth-order valence-corrected chi connectivity index (χ4v) is 7.11. The predicted molar refractivity (Wildman–Crippen MR) is 170 cm³/mol. The van der Waals surface area contributed by atoms with Crippen LogP contribution in [0, 0.1) is 0 Å². The number of benzene rings is 2. The van der Waals surface area contributed by atoms with Gasteiger partial charge in [0.2, 0.25) is 5.41 Å². The van der Waals surface area contributed by atoms with Crippen LogP contribution in [0.3, 0.4) is 0 Å². The molecule has 24 heteroatoms. The number of hydrogen-bond acceptors (Lipinski definition) is 14. The highest BCUT2D eigenvalue weighted by Gasteiger charge is 2.72. The van der Waals surface area contributed by atoms with Crippen molar-refractivity contribution in [3.05, 3.63) is 57.6 Å². The number of hydrogen-bond donors (Lipinski definition) is 6. The molecule has 0 aliphatic rings. The van der Waals surface area contributed by atoms with E-state index in [2.05, 4.69) is 18.7 Å². The lowest BCUT2D eigenvalue weighted by atomic mass is 9.70. The van der Waals surface area contributed by atoms with Gasteiger partial charge in [-0.05, 0) is 84.7 Å². The fraction of sp³-hybridized carbons (Fsp3) is 0.556. The normalized spacial score (nSPS) is 13.2. The SMILES string of the molecule is O=S(=O)(O)CCCc1cc(C(c2cc(CCCSOOO)c(O)c(CCCSOOO)c2)(C(F)(F)F)C(F)(F)F)cc(CCCS(=O)(=O)O)c1O. The van der Waals surface area contributed by atoms with Gasteiger partial charge in [0.15, 0.2) is 0 Å². The number of phenols is 2. The van der Waals surface area contributed by atoms with Crippen molar-refractivity contribution in [3.63, 3.8) is 0 Å². The molecule has 0 saturated carbocycles. The number of halogens is 6. The van der Waals surface area contributed by atoms with Gasteiger partial charge in [0.1, 0.15) is 11.5 Å². The molecule has 0 atom stereocenters. The lowest BCUT2D eigenvalue weighted by molar-refractivity contribution is -0.432. The molecule has 292 valence electrons. The standard InChI is InChI=1S/C27H34F6O14S4/c28-26(29,30)25(27(31,32)33,21-13-17(5-1-9-48-46-44-36)23(34)18(14-21)6-2-10-49-47-45-37)22-15-19(7-3-11-50(38,39)40)24(35)20(16-22)8-4-12-51(41,42)43/h13-16,34-37H,1-12H2,(H,38,39,40)(H,41,42,43). The van der Waals surface area contributed by atoms with E-state index in [-0.39, 0.29) is 48.3 Å². The molecule has 0 spiro atoms. The van der Waals surface area contributed by atoms with E-state index in [1.54, 1.807) is 0 Å². The monoisotopic (exact) mass is 824 g/mol. The number of phenolic OH excluding ortho intramolecular Hbond substituents is 2. The van der Waals surface area contributed by atoms with Crippen LogP contribution in [0.2, 0.25) is 0 Å². The Hall–Kier alpha value is -2.10.